The Labute approximate surface area is 134 Å². The number of carbonyl (C=O) groups excluding carboxylic acids is 1. The summed E-state index contributed by atoms with van der Waals surface area (Å²) in [6.07, 6.45) is 4.35. The Morgan fingerprint density at radius 1 is 1.39 bits per heavy atom. The molecule has 0 saturated carbocycles. The summed E-state index contributed by atoms with van der Waals surface area (Å²) in [4.78, 5) is 39.0. The van der Waals surface area contributed by atoms with E-state index in [4.69, 9.17) is 4.74 Å². The number of hydrogen-bond donors (Lipinski definition) is 1. The largest absolute Gasteiger partial charge is 0.492 e. The van der Waals surface area contributed by atoms with Gasteiger partial charge in [-0.25, -0.2) is 14.6 Å². The Morgan fingerprint density at radius 2 is 2.09 bits per heavy atom. The zero-order chi connectivity index (χ0) is 17.1. The summed E-state index contributed by atoms with van der Waals surface area (Å²) < 4.78 is 7.08. The number of aromatic nitrogens is 3. The number of nitrogens with zero attached hydrogens (tertiary/aromatic N) is 3. The number of ether oxygens (including phenoxy) is 1. The van der Waals surface area contributed by atoms with Gasteiger partial charge in [0, 0.05) is 20.3 Å². The van der Waals surface area contributed by atoms with E-state index in [1.54, 1.807) is 6.92 Å². The second-order valence-electron chi connectivity index (χ2n) is 4.60. The van der Waals surface area contributed by atoms with E-state index in [0.717, 1.165) is 15.9 Å². The van der Waals surface area contributed by atoms with Gasteiger partial charge in [0.2, 0.25) is 5.88 Å². The van der Waals surface area contributed by atoms with Crippen molar-refractivity contribution in [3.05, 3.63) is 42.5 Å². The fourth-order valence-corrected chi connectivity index (χ4v) is 2.60. The Bertz CT molecular complexity index is 891. The van der Waals surface area contributed by atoms with E-state index in [0.29, 0.717) is 5.01 Å². The van der Waals surface area contributed by atoms with Gasteiger partial charge >= 0.3 is 11.7 Å². The fraction of sp³-hybridized carbons (Fsp3) is 0.286. The second-order valence-corrected chi connectivity index (χ2v) is 5.63. The van der Waals surface area contributed by atoms with Gasteiger partial charge in [-0.1, -0.05) is 0 Å². The lowest BCUT2D eigenvalue weighted by Gasteiger charge is -2.02. The predicted octanol–water partition coefficient (Wildman–Crippen LogP) is 0.593. The van der Waals surface area contributed by atoms with Crippen LogP contribution in [0.4, 0.5) is 0 Å². The van der Waals surface area contributed by atoms with Crippen molar-refractivity contribution in [1.29, 1.82) is 0 Å². The van der Waals surface area contributed by atoms with E-state index in [2.05, 4.69) is 4.98 Å². The van der Waals surface area contributed by atoms with Crippen molar-refractivity contribution >= 4 is 29.5 Å². The molecule has 0 aliphatic heterocycles. The molecule has 23 heavy (non-hydrogen) atoms. The zero-order valence-corrected chi connectivity index (χ0v) is 13.6. The lowest BCUT2D eigenvalue weighted by atomic mass is 10.3. The molecule has 9 heteroatoms. The van der Waals surface area contributed by atoms with Crippen molar-refractivity contribution in [2.24, 2.45) is 14.1 Å². The first kappa shape index (κ1) is 16.7. The molecule has 0 spiro atoms. The van der Waals surface area contributed by atoms with Gasteiger partial charge in [0.15, 0.2) is 4.88 Å². The third-order valence-corrected chi connectivity index (χ3v) is 3.95. The maximum absolute atomic E-state index is 12.0. The van der Waals surface area contributed by atoms with Crippen molar-refractivity contribution in [3.8, 4) is 5.88 Å². The van der Waals surface area contributed by atoms with Crippen LogP contribution < -0.4 is 11.2 Å². The van der Waals surface area contributed by atoms with E-state index in [1.165, 1.54) is 37.0 Å². The average Bonchev–Trinajstić information content (AvgIpc) is 2.89. The van der Waals surface area contributed by atoms with Gasteiger partial charge in [0.25, 0.3) is 5.56 Å². The molecule has 8 nitrogen and oxygen atoms in total. The molecule has 0 saturated heterocycles. The van der Waals surface area contributed by atoms with Crippen LogP contribution in [0.1, 0.15) is 27.2 Å². The Kier molecular flexibility index (Phi) is 4.80. The number of esters is 1. The number of aromatic hydroxyl groups is 1. The first-order chi connectivity index (χ1) is 10.8. The summed E-state index contributed by atoms with van der Waals surface area (Å²) in [5.74, 6) is -1.07. The first-order valence-corrected chi connectivity index (χ1v) is 7.48. The highest BCUT2D eigenvalue weighted by atomic mass is 32.1. The lowest BCUT2D eigenvalue weighted by molar-refractivity contribution is 0.0528. The summed E-state index contributed by atoms with van der Waals surface area (Å²) in [5.41, 5.74) is -0.596. The molecule has 0 amide bonds. The molecular formula is C14H15N3O5S. The zero-order valence-electron chi connectivity index (χ0n) is 12.8. The highest BCUT2D eigenvalue weighted by Crippen LogP contribution is 2.26. The second kappa shape index (κ2) is 6.61. The van der Waals surface area contributed by atoms with Crippen molar-refractivity contribution in [2.75, 3.05) is 6.61 Å². The maximum atomic E-state index is 12.0. The summed E-state index contributed by atoms with van der Waals surface area (Å²) in [7, 11) is 2.92. The molecule has 2 rings (SSSR count). The van der Waals surface area contributed by atoms with E-state index < -0.39 is 23.1 Å². The van der Waals surface area contributed by atoms with Crippen LogP contribution in [-0.4, -0.2) is 31.8 Å². The molecule has 1 N–H and O–H groups in total. The first-order valence-electron chi connectivity index (χ1n) is 6.66. The predicted molar refractivity (Wildman–Crippen MR) is 85.6 cm³/mol. The maximum Gasteiger partial charge on any atom is 0.353 e. The normalized spacial score (nSPS) is 11.1. The van der Waals surface area contributed by atoms with E-state index in [-0.39, 0.29) is 17.0 Å². The number of hydrogen-bond acceptors (Lipinski definition) is 7. The molecule has 2 aromatic rings. The van der Waals surface area contributed by atoms with E-state index in [1.807, 2.05) is 0 Å². The molecule has 0 aliphatic carbocycles. The topological polar surface area (TPSA) is 103 Å². The quantitative estimate of drug-likeness (QED) is 0.819. The smallest absolute Gasteiger partial charge is 0.353 e. The third-order valence-electron chi connectivity index (χ3n) is 2.97. The number of aryl methyl sites for hydroxylation is 1. The molecule has 2 heterocycles. The van der Waals surface area contributed by atoms with Gasteiger partial charge in [-0.3, -0.25) is 9.36 Å². The minimum absolute atomic E-state index is 0.000126. The van der Waals surface area contributed by atoms with Gasteiger partial charge in [-0.15, -0.1) is 11.3 Å². The van der Waals surface area contributed by atoms with Gasteiger partial charge in [-0.05, 0) is 19.1 Å². The van der Waals surface area contributed by atoms with Crippen LogP contribution in [0.2, 0.25) is 0 Å². The Balaban J connectivity index is 2.35. The molecule has 0 radical (unpaired) electrons. The Morgan fingerprint density at radius 3 is 2.74 bits per heavy atom. The molecule has 0 aliphatic rings. The summed E-state index contributed by atoms with van der Waals surface area (Å²) in [5, 5.41) is 9.99. The molecule has 2 aromatic heterocycles. The standard InChI is InChI=1S/C14H15N3O5S/c1-4-22-13(20)10-11(18)15-9(23-10)6-5-8-7-16(2)14(21)17(3)12(8)19/h5-7,18H,4H2,1-3H3. The average molecular weight is 337 g/mol. The molecule has 122 valence electrons. The highest BCUT2D eigenvalue weighted by Gasteiger charge is 2.17. The van der Waals surface area contributed by atoms with Crippen LogP contribution in [0.5, 0.6) is 5.88 Å². The minimum Gasteiger partial charge on any atom is -0.492 e. The SMILES string of the molecule is CCOC(=O)c1sc(C=Cc2cn(C)c(=O)n(C)c2=O)nc1O. The van der Waals surface area contributed by atoms with Gasteiger partial charge in [0.1, 0.15) is 5.01 Å². The van der Waals surface area contributed by atoms with Crippen molar-refractivity contribution in [2.45, 2.75) is 6.92 Å². The number of carbonyl (C=O) groups is 1. The van der Waals surface area contributed by atoms with Crippen molar-refractivity contribution in [1.82, 2.24) is 14.1 Å². The molecule has 0 aromatic carbocycles. The van der Waals surface area contributed by atoms with Gasteiger partial charge in [-0.2, -0.15) is 0 Å². The Hall–Kier alpha value is -2.68. The van der Waals surface area contributed by atoms with Crippen LogP contribution >= 0.6 is 11.3 Å². The van der Waals surface area contributed by atoms with Crippen LogP contribution in [0.25, 0.3) is 12.2 Å². The van der Waals surface area contributed by atoms with Crippen LogP contribution in [0, 0.1) is 0 Å². The van der Waals surface area contributed by atoms with Crippen LogP contribution in [-0.2, 0) is 18.8 Å². The van der Waals surface area contributed by atoms with Gasteiger partial charge in [0.05, 0.1) is 12.2 Å². The van der Waals surface area contributed by atoms with Crippen molar-refractivity contribution < 1.29 is 14.6 Å². The number of rotatable bonds is 4. The number of thiazole rings is 1. The molecular weight excluding hydrogens is 322 g/mol. The lowest BCUT2D eigenvalue weighted by Crippen LogP contribution is -2.37. The van der Waals surface area contributed by atoms with Crippen molar-refractivity contribution in [3.63, 3.8) is 0 Å². The van der Waals surface area contributed by atoms with Crippen LogP contribution in [0.3, 0.4) is 0 Å². The molecule has 0 atom stereocenters. The fourth-order valence-electron chi connectivity index (χ4n) is 1.84. The monoisotopic (exact) mass is 337 g/mol. The summed E-state index contributed by atoms with van der Waals surface area (Å²) in [6.45, 7) is 1.85. The molecule has 0 unspecified atom stereocenters. The molecule has 0 fully saturated rings. The minimum atomic E-state index is -0.653. The van der Waals surface area contributed by atoms with Gasteiger partial charge < -0.3 is 14.4 Å². The molecule has 0 bridgehead atoms. The third kappa shape index (κ3) is 3.39. The van der Waals surface area contributed by atoms with E-state index >= 15 is 0 Å². The summed E-state index contributed by atoms with van der Waals surface area (Å²) in [6, 6.07) is 0. The highest BCUT2D eigenvalue weighted by molar-refractivity contribution is 7.14. The van der Waals surface area contributed by atoms with E-state index in [9.17, 15) is 19.5 Å². The van der Waals surface area contributed by atoms with Crippen LogP contribution in [0.15, 0.2) is 15.8 Å². The summed E-state index contributed by atoms with van der Waals surface area (Å²) >= 11 is 0.944.